The van der Waals surface area contributed by atoms with Gasteiger partial charge in [-0.15, -0.1) is 0 Å². The Bertz CT molecular complexity index is 1230. The largest absolute Gasteiger partial charge is 0.372 e. The molecule has 0 radical (unpaired) electrons. The Hall–Kier alpha value is -3.94. The number of nitrogens with zero attached hydrogens (tertiary/aromatic N) is 4. The molecule has 2 unspecified atom stereocenters. The fourth-order valence-corrected chi connectivity index (χ4v) is 7.54. The van der Waals surface area contributed by atoms with Gasteiger partial charge in [-0.2, -0.15) is 0 Å². The maximum atomic E-state index is 13.8. The molecule has 6 atom stereocenters. The number of amides is 4. The Balaban J connectivity index is 1.28. The van der Waals surface area contributed by atoms with Crippen LogP contribution in [0, 0.1) is 35.5 Å². The summed E-state index contributed by atoms with van der Waals surface area (Å²) in [5, 5.41) is 0. The summed E-state index contributed by atoms with van der Waals surface area (Å²) in [6.07, 6.45) is 3.81. The number of carbonyl (C=O) groups is 4. The van der Waals surface area contributed by atoms with E-state index in [1.165, 1.54) is 9.80 Å². The van der Waals surface area contributed by atoms with Crippen molar-refractivity contribution >= 4 is 46.4 Å². The standard InChI is InChI=1S/C32H36N4O4/c1-5-33(6-2)19-9-13-21(14-10-19)35-29(37)25-23-17-18-24(26(25)30(35)38)28-27(23)31(39)36(32(28)40)22-15-11-20(12-16-22)34(7-3)8-4/h9-18,23-28H,5-8H2,1-4H3/t23?,24?,25-,26-,27-,28+/m0/s1. The zero-order valence-corrected chi connectivity index (χ0v) is 23.5. The molecule has 2 aromatic rings. The predicted octanol–water partition coefficient (Wildman–Crippen LogP) is 4.11. The molecule has 2 bridgehead atoms. The molecule has 8 nitrogen and oxygen atoms in total. The summed E-state index contributed by atoms with van der Waals surface area (Å²) in [4.78, 5) is 62.2. The highest BCUT2D eigenvalue weighted by molar-refractivity contribution is 6.26. The van der Waals surface area contributed by atoms with E-state index in [4.69, 9.17) is 0 Å². The van der Waals surface area contributed by atoms with E-state index >= 15 is 0 Å². The van der Waals surface area contributed by atoms with E-state index in [1.54, 1.807) is 0 Å². The van der Waals surface area contributed by atoms with Crippen molar-refractivity contribution in [1.29, 1.82) is 0 Å². The lowest BCUT2D eigenvalue weighted by molar-refractivity contribution is -0.137. The van der Waals surface area contributed by atoms with Gasteiger partial charge in [0.1, 0.15) is 0 Å². The molecule has 5 aliphatic rings. The van der Waals surface area contributed by atoms with E-state index in [0.717, 1.165) is 37.6 Å². The van der Waals surface area contributed by atoms with E-state index in [0.29, 0.717) is 11.4 Å². The second-order valence-electron chi connectivity index (χ2n) is 11.0. The highest BCUT2D eigenvalue weighted by Crippen LogP contribution is 2.58. The van der Waals surface area contributed by atoms with Gasteiger partial charge in [0.25, 0.3) is 0 Å². The molecule has 8 heteroatoms. The maximum Gasteiger partial charge on any atom is 0.238 e. The summed E-state index contributed by atoms with van der Waals surface area (Å²) < 4.78 is 0. The molecular formula is C32H36N4O4. The molecule has 1 saturated carbocycles. The molecule has 0 aromatic heterocycles. The minimum atomic E-state index is -0.632. The molecule has 0 N–H and O–H groups in total. The first-order valence-corrected chi connectivity index (χ1v) is 14.5. The minimum absolute atomic E-state index is 0.273. The second-order valence-corrected chi connectivity index (χ2v) is 11.0. The van der Waals surface area contributed by atoms with Gasteiger partial charge < -0.3 is 9.80 Å². The third-order valence-electron chi connectivity index (χ3n) is 9.48. The number of hydrogen-bond donors (Lipinski definition) is 0. The monoisotopic (exact) mass is 540 g/mol. The van der Waals surface area contributed by atoms with Crippen LogP contribution in [0.4, 0.5) is 22.7 Å². The van der Waals surface area contributed by atoms with Gasteiger partial charge in [0.05, 0.1) is 35.0 Å². The van der Waals surface area contributed by atoms with E-state index < -0.39 is 35.5 Å². The fourth-order valence-electron chi connectivity index (χ4n) is 7.54. The van der Waals surface area contributed by atoms with Crippen molar-refractivity contribution in [3.8, 4) is 0 Å². The molecule has 0 spiro atoms. The number of imide groups is 2. The van der Waals surface area contributed by atoms with Gasteiger partial charge in [-0.25, -0.2) is 0 Å². The third-order valence-corrected chi connectivity index (χ3v) is 9.48. The van der Waals surface area contributed by atoms with Crippen molar-refractivity contribution in [2.24, 2.45) is 35.5 Å². The summed E-state index contributed by atoms with van der Waals surface area (Å²) in [7, 11) is 0. The summed E-state index contributed by atoms with van der Waals surface area (Å²) >= 11 is 0. The van der Waals surface area contributed by atoms with Crippen LogP contribution >= 0.6 is 0 Å². The van der Waals surface area contributed by atoms with E-state index in [2.05, 4.69) is 37.5 Å². The van der Waals surface area contributed by atoms with E-state index in [9.17, 15) is 19.2 Å². The van der Waals surface area contributed by atoms with Crippen molar-refractivity contribution in [3.63, 3.8) is 0 Å². The first kappa shape index (κ1) is 26.3. The molecule has 4 amide bonds. The fraction of sp³-hybridized carbons (Fsp3) is 0.438. The van der Waals surface area contributed by atoms with Crippen molar-refractivity contribution in [2.45, 2.75) is 27.7 Å². The van der Waals surface area contributed by atoms with E-state index in [1.807, 2.05) is 60.7 Å². The summed E-state index contributed by atoms with van der Waals surface area (Å²) in [5.41, 5.74) is 3.14. The molecule has 2 saturated heterocycles. The molecule has 2 aromatic carbocycles. The van der Waals surface area contributed by atoms with Gasteiger partial charge in [0.2, 0.25) is 23.6 Å². The summed E-state index contributed by atoms with van der Waals surface area (Å²) in [6, 6.07) is 15.0. The maximum absolute atomic E-state index is 13.8. The van der Waals surface area contributed by atoms with Crippen molar-refractivity contribution < 1.29 is 19.2 Å². The molecule has 208 valence electrons. The molecule has 2 heterocycles. The van der Waals surface area contributed by atoms with Crippen LogP contribution in [0.15, 0.2) is 60.7 Å². The lowest BCUT2D eigenvalue weighted by atomic mass is 9.54. The normalized spacial score (nSPS) is 28.4. The lowest BCUT2D eigenvalue weighted by Gasteiger charge is -2.44. The zero-order valence-electron chi connectivity index (χ0n) is 23.5. The highest BCUT2D eigenvalue weighted by atomic mass is 16.2. The average Bonchev–Trinajstić information content (AvgIpc) is 3.42. The third kappa shape index (κ3) is 3.64. The zero-order chi connectivity index (χ0) is 28.3. The topological polar surface area (TPSA) is 81.2 Å². The number of carbonyl (C=O) groups excluding carboxylic acids is 4. The Morgan fingerprint density at radius 3 is 1.02 bits per heavy atom. The number of allylic oxidation sites excluding steroid dienone is 2. The molecule has 2 aliphatic heterocycles. The molecule has 40 heavy (non-hydrogen) atoms. The van der Waals surface area contributed by atoms with Gasteiger partial charge >= 0.3 is 0 Å². The predicted molar refractivity (Wildman–Crippen MR) is 155 cm³/mol. The van der Waals surface area contributed by atoms with Gasteiger partial charge in [-0.1, -0.05) is 12.2 Å². The lowest BCUT2D eigenvalue weighted by Crippen LogP contribution is -2.50. The van der Waals surface area contributed by atoms with Crippen LogP contribution in [0.5, 0.6) is 0 Å². The number of benzene rings is 2. The van der Waals surface area contributed by atoms with Crippen LogP contribution in [0.25, 0.3) is 0 Å². The smallest absolute Gasteiger partial charge is 0.238 e. The van der Waals surface area contributed by atoms with Gasteiger partial charge in [-0.3, -0.25) is 29.0 Å². The quantitative estimate of drug-likeness (QED) is 0.370. The summed E-state index contributed by atoms with van der Waals surface area (Å²) in [6.45, 7) is 11.8. The average molecular weight is 541 g/mol. The molecule has 3 fully saturated rings. The van der Waals surface area contributed by atoms with Crippen LogP contribution in [0.1, 0.15) is 27.7 Å². The number of hydrogen-bond acceptors (Lipinski definition) is 6. The number of anilines is 4. The minimum Gasteiger partial charge on any atom is -0.372 e. The Morgan fingerprint density at radius 1 is 0.500 bits per heavy atom. The van der Waals surface area contributed by atoms with Crippen molar-refractivity contribution in [2.75, 3.05) is 45.8 Å². The van der Waals surface area contributed by atoms with Gasteiger partial charge in [-0.05, 0) is 76.2 Å². The van der Waals surface area contributed by atoms with Crippen LogP contribution < -0.4 is 19.6 Å². The Kier molecular flexibility index (Phi) is 6.51. The first-order valence-electron chi connectivity index (χ1n) is 14.5. The van der Waals surface area contributed by atoms with Crippen LogP contribution in [0.3, 0.4) is 0 Å². The van der Waals surface area contributed by atoms with Crippen LogP contribution in [-0.2, 0) is 19.2 Å². The molecular weight excluding hydrogens is 504 g/mol. The Morgan fingerprint density at radius 2 is 0.775 bits per heavy atom. The summed E-state index contributed by atoms with van der Waals surface area (Å²) in [5.74, 6) is -4.57. The first-order chi connectivity index (χ1) is 19.4. The van der Waals surface area contributed by atoms with Crippen molar-refractivity contribution in [1.82, 2.24) is 0 Å². The highest BCUT2D eigenvalue weighted by Gasteiger charge is 2.68. The second kappa shape index (κ2) is 9.91. The number of rotatable bonds is 8. The van der Waals surface area contributed by atoms with Gasteiger partial charge in [0.15, 0.2) is 0 Å². The van der Waals surface area contributed by atoms with Crippen LogP contribution in [-0.4, -0.2) is 49.8 Å². The Labute approximate surface area is 235 Å². The van der Waals surface area contributed by atoms with Crippen molar-refractivity contribution in [3.05, 3.63) is 60.7 Å². The molecule has 7 rings (SSSR count). The SMILES string of the molecule is CCN(CC)c1ccc(N2C(=O)[C@@H]3C4C=CC([C@@H]3C2=O)[C@@H]2C(=O)N(c3ccc(N(CC)CC)cc3)C(=O)[C@@H]42)cc1. The van der Waals surface area contributed by atoms with E-state index in [-0.39, 0.29) is 23.6 Å². The van der Waals surface area contributed by atoms with Gasteiger partial charge in [0, 0.05) is 49.4 Å². The molecule has 3 aliphatic carbocycles. The van der Waals surface area contributed by atoms with Crippen LogP contribution in [0.2, 0.25) is 0 Å².